The molecular formula is C25H23F4N3O4S. The summed E-state index contributed by atoms with van der Waals surface area (Å²) in [7, 11) is -4.23. The maximum atomic E-state index is 14.2. The van der Waals surface area contributed by atoms with E-state index < -0.39 is 33.3 Å². The predicted molar refractivity (Wildman–Crippen MR) is 129 cm³/mol. The Morgan fingerprint density at radius 3 is 2.51 bits per heavy atom. The first-order valence-electron chi connectivity index (χ1n) is 11.6. The van der Waals surface area contributed by atoms with E-state index in [1.54, 1.807) is 11.0 Å². The van der Waals surface area contributed by atoms with Gasteiger partial charge in [0.2, 0.25) is 5.95 Å². The van der Waals surface area contributed by atoms with Crippen LogP contribution in [-0.2, 0) is 27.4 Å². The Balaban J connectivity index is 1.67. The van der Waals surface area contributed by atoms with Crippen molar-refractivity contribution in [1.29, 1.82) is 0 Å². The summed E-state index contributed by atoms with van der Waals surface area (Å²) in [5.74, 6) is -0.502. The second kappa shape index (κ2) is 9.82. The van der Waals surface area contributed by atoms with Gasteiger partial charge in [-0.3, -0.25) is 4.72 Å². The lowest BCUT2D eigenvalue weighted by atomic mass is 9.98. The van der Waals surface area contributed by atoms with E-state index >= 15 is 0 Å². The molecule has 1 fully saturated rings. The molecule has 0 saturated carbocycles. The minimum Gasteiger partial charge on any atom is -0.493 e. The maximum Gasteiger partial charge on any atom is 0.417 e. The van der Waals surface area contributed by atoms with E-state index in [0.29, 0.717) is 12.4 Å². The number of hydrogen-bond acceptors (Lipinski definition) is 6. The van der Waals surface area contributed by atoms with Crippen LogP contribution in [-0.4, -0.2) is 46.3 Å². The van der Waals surface area contributed by atoms with Gasteiger partial charge < -0.3 is 14.4 Å². The number of halogens is 4. The second-order valence-corrected chi connectivity index (χ2v) is 10.3. The Labute approximate surface area is 211 Å². The van der Waals surface area contributed by atoms with Gasteiger partial charge in [-0.05, 0) is 48.7 Å². The monoisotopic (exact) mass is 537 g/mol. The van der Waals surface area contributed by atoms with E-state index in [4.69, 9.17) is 9.47 Å². The van der Waals surface area contributed by atoms with Crippen molar-refractivity contribution in [1.82, 2.24) is 4.98 Å². The van der Waals surface area contributed by atoms with Crippen LogP contribution in [0.5, 0.6) is 5.75 Å². The fourth-order valence-corrected chi connectivity index (χ4v) is 5.60. The highest BCUT2D eigenvalue weighted by Gasteiger charge is 2.38. The van der Waals surface area contributed by atoms with E-state index in [9.17, 15) is 26.0 Å². The van der Waals surface area contributed by atoms with Gasteiger partial charge in [0.1, 0.15) is 5.75 Å². The van der Waals surface area contributed by atoms with Crippen molar-refractivity contribution in [2.75, 3.05) is 42.5 Å². The lowest BCUT2D eigenvalue weighted by molar-refractivity contribution is -0.137. The molecule has 0 aliphatic carbocycles. The van der Waals surface area contributed by atoms with Crippen LogP contribution in [0.1, 0.15) is 17.5 Å². The zero-order chi connectivity index (χ0) is 26.2. The molecule has 0 spiro atoms. The zero-order valence-electron chi connectivity index (χ0n) is 19.5. The minimum atomic E-state index is -4.81. The molecule has 2 aliphatic heterocycles. The molecule has 12 heteroatoms. The highest BCUT2D eigenvalue weighted by molar-refractivity contribution is 7.92. The summed E-state index contributed by atoms with van der Waals surface area (Å²) in [6, 6.07) is 9.90. The Bertz CT molecular complexity index is 1420. The van der Waals surface area contributed by atoms with E-state index in [1.807, 2.05) is 0 Å². The first-order valence-corrected chi connectivity index (χ1v) is 13.1. The summed E-state index contributed by atoms with van der Waals surface area (Å²) >= 11 is 0. The third-order valence-electron chi connectivity index (χ3n) is 6.22. The number of sulfonamides is 1. The smallest absolute Gasteiger partial charge is 0.417 e. The van der Waals surface area contributed by atoms with Crippen molar-refractivity contribution < 1.29 is 35.5 Å². The van der Waals surface area contributed by atoms with Crippen LogP contribution in [0, 0.1) is 5.95 Å². The number of ether oxygens (including phenoxy) is 2. The Morgan fingerprint density at radius 1 is 1.00 bits per heavy atom. The average molecular weight is 538 g/mol. The van der Waals surface area contributed by atoms with Crippen LogP contribution in [0.25, 0.3) is 11.3 Å². The van der Waals surface area contributed by atoms with Crippen molar-refractivity contribution in [2.45, 2.75) is 23.9 Å². The molecule has 1 aromatic heterocycles. The number of pyridine rings is 1. The number of hydrogen-bond donors (Lipinski definition) is 1. The summed E-state index contributed by atoms with van der Waals surface area (Å²) in [5, 5.41) is 0. The zero-order valence-corrected chi connectivity index (χ0v) is 20.3. The lowest BCUT2D eigenvalue weighted by Gasteiger charge is -2.33. The summed E-state index contributed by atoms with van der Waals surface area (Å²) in [6.45, 7) is 1.31. The number of aryl methyl sites for hydroxylation is 1. The standard InChI is InChI=1S/C25H23F4N3O4S/c26-22-5-1-4-19(30-22)23-18(25(27,28)29)8-9-20(24(23)32-10-13-35-14-11-32)31-37(33,34)17-7-6-16-3-2-12-36-21(16)15-17/h1,4-9,15,31H,2-3,10-14H2. The van der Waals surface area contributed by atoms with Crippen LogP contribution in [0.4, 0.5) is 28.9 Å². The summed E-state index contributed by atoms with van der Waals surface area (Å²) in [4.78, 5) is 5.20. The molecule has 196 valence electrons. The molecule has 5 rings (SSSR count). The molecule has 2 aliphatic rings. The molecule has 0 unspecified atom stereocenters. The number of benzene rings is 2. The fourth-order valence-electron chi connectivity index (χ4n) is 4.52. The molecule has 3 aromatic rings. The number of aromatic nitrogens is 1. The largest absolute Gasteiger partial charge is 0.493 e. The summed E-state index contributed by atoms with van der Waals surface area (Å²) < 4.78 is 96.7. The van der Waals surface area contributed by atoms with Gasteiger partial charge in [-0.15, -0.1) is 0 Å². The van der Waals surface area contributed by atoms with Gasteiger partial charge >= 0.3 is 6.18 Å². The van der Waals surface area contributed by atoms with E-state index in [-0.39, 0.29) is 48.3 Å². The molecule has 0 amide bonds. The number of nitrogens with zero attached hydrogens (tertiary/aromatic N) is 2. The minimum absolute atomic E-state index is 0.0472. The molecule has 37 heavy (non-hydrogen) atoms. The predicted octanol–water partition coefficient (Wildman–Crippen LogP) is 4.87. The van der Waals surface area contributed by atoms with Crippen LogP contribution >= 0.6 is 0 Å². The number of alkyl halides is 3. The fraction of sp³-hybridized carbons (Fsp3) is 0.320. The van der Waals surface area contributed by atoms with Gasteiger partial charge in [-0.25, -0.2) is 13.4 Å². The van der Waals surface area contributed by atoms with Crippen molar-refractivity contribution >= 4 is 21.4 Å². The number of fused-ring (bicyclic) bond motifs is 1. The Morgan fingerprint density at radius 2 is 1.78 bits per heavy atom. The second-order valence-electron chi connectivity index (χ2n) is 8.65. The van der Waals surface area contributed by atoms with E-state index in [2.05, 4.69) is 9.71 Å². The molecule has 7 nitrogen and oxygen atoms in total. The van der Waals surface area contributed by atoms with Crippen LogP contribution in [0.3, 0.4) is 0 Å². The summed E-state index contributed by atoms with van der Waals surface area (Å²) in [5.41, 5.74) is -0.992. The first kappa shape index (κ1) is 25.3. The highest BCUT2D eigenvalue weighted by atomic mass is 32.2. The first-order chi connectivity index (χ1) is 17.6. The van der Waals surface area contributed by atoms with Crippen molar-refractivity contribution in [3.8, 4) is 17.0 Å². The average Bonchev–Trinajstić information content (AvgIpc) is 2.87. The third-order valence-corrected chi connectivity index (χ3v) is 7.59. The van der Waals surface area contributed by atoms with Gasteiger partial charge in [0.25, 0.3) is 10.0 Å². The molecule has 3 heterocycles. The van der Waals surface area contributed by atoms with E-state index in [0.717, 1.165) is 36.6 Å². The van der Waals surface area contributed by atoms with Crippen LogP contribution < -0.4 is 14.4 Å². The molecule has 0 bridgehead atoms. The molecule has 1 N–H and O–H groups in total. The van der Waals surface area contributed by atoms with Gasteiger partial charge in [0, 0.05) is 24.7 Å². The van der Waals surface area contributed by atoms with Gasteiger partial charge in [-0.2, -0.15) is 17.6 Å². The highest BCUT2D eigenvalue weighted by Crippen LogP contribution is 2.46. The van der Waals surface area contributed by atoms with Crippen molar-refractivity contribution in [2.24, 2.45) is 0 Å². The molecule has 0 radical (unpaired) electrons. The SMILES string of the molecule is O=S(=O)(Nc1ccc(C(F)(F)F)c(-c2cccc(F)n2)c1N1CCOCC1)c1ccc2c(c1)OCCC2. The molecule has 1 saturated heterocycles. The lowest BCUT2D eigenvalue weighted by Crippen LogP contribution is -2.37. The third kappa shape index (κ3) is 5.21. The summed E-state index contributed by atoms with van der Waals surface area (Å²) in [6.07, 6.45) is -3.23. The van der Waals surface area contributed by atoms with Gasteiger partial charge in [0.15, 0.2) is 0 Å². The Hall–Kier alpha value is -3.38. The van der Waals surface area contributed by atoms with Crippen molar-refractivity contribution in [3.05, 3.63) is 65.6 Å². The molecule has 2 aromatic carbocycles. The quantitative estimate of drug-likeness (QED) is 0.370. The van der Waals surface area contributed by atoms with E-state index in [1.165, 1.54) is 24.3 Å². The maximum absolute atomic E-state index is 14.2. The molecule has 0 atom stereocenters. The number of rotatable bonds is 5. The number of anilines is 2. The Kier molecular flexibility index (Phi) is 6.71. The van der Waals surface area contributed by atoms with Crippen molar-refractivity contribution in [3.63, 3.8) is 0 Å². The van der Waals surface area contributed by atoms with Gasteiger partial charge in [0.05, 0.1) is 47.3 Å². The number of morpholine rings is 1. The van der Waals surface area contributed by atoms with Crippen LogP contribution in [0.15, 0.2) is 53.4 Å². The molecular weight excluding hydrogens is 514 g/mol. The van der Waals surface area contributed by atoms with Gasteiger partial charge in [-0.1, -0.05) is 12.1 Å². The normalized spacial score (nSPS) is 16.2. The topological polar surface area (TPSA) is 80.8 Å². The number of nitrogens with one attached hydrogen (secondary N) is 1. The van der Waals surface area contributed by atoms with Crippen LogP contribution in [0.2, 0.25) is 0 Å².